The first kappa shape index (κ1) is 10.3. The van der Waals surface area contributed by atoms with E-state index in [-0.39, 0.29) is 11.5 Å². The van der Waals surface area contributed by atoms with Crippen LogP contribution in [0.25, 0.3) is 0 Å². The minimum absolute atomic E-state index is 0.0774. The predicted molar refractivity (Wildman–Crippen MR) is 55.0 cm³/mol. The fourth-order valence-electron chi connectivity index (χ4n) is 1.17. The van der Waals surface area contributed by atoms with Crippen LogP contribution < -0.4 is 5.73 Å². The lowest BCUT2D eigenvalue weighted by molar-refractivity contribution is 0.437. The van der Waals surface area contributed by atoms with Crippen LogP contribution in [0.3, 0.4) is 0 Å². The van der Waals surface area contributed by atoms with Gasteiger partial charge in [-0.15, -0.1) is 0 Å². The van der Waals surface area contributed by atoms with E-state index < -0.39 is 0 Å². The normalized spacial score (nSPS) is 10.4. The molecule has 0 amide bonds. The molecule has 1 aromatic rings. The molecule has 0 heterocycles. The third-order valence-electron chi connectivity index (χ3n) is 1.90. The zero-order valence-electron chi connectivity index (χ0n) is 7.34. The number of rotatable bonds is 2. The quantitative estimate of drug-likeness (QED) is 0.743. The van der Waals surface area contributed by atoms with Gasteiger partial charge in [0.2, 0.25) is 0 Å². The summed E-state index contributed by atoms with van der Waals surface area (Å²) in [6.45, 7) is 2.25. The number of aromatic hydroxyl groups is 2. The van der Waals surface area contributed by atoms with E-state index in [4.69, 9.17) is 5.73 Å². The molecule has 0 radical (unpaired) electrons. The molecule has 0 aromatic heterocycles. The summed E-state index contributed by atoms with van der Waals surface area (Å²) >= 11 is 3.11. The fourth-order valence-corrected chi connectivity index (χ4v) is 1.74. The third-order valence-corrected chi connectivity index (χ3v) is 2.65. The topological polar surface area (TPSA) is 66.5 Å². The van der Waals surface area contributed by atoms with Gasteiger partial charge < -0.3 is 15.9 Å². The molecule has 13 heavy (non-hydrogen) atoms. The molecule has 1 aromatic carbocycles. The SMILES string of the molecule is Cc1cc(CCN)c(O)c(Br)c1O. The number of benzene rings is 1. The smallest absolute Gasteiger partial charge is 0.136 e. The average molecular weight is 246 g/mol. The van der Waals surface area contributed by atoms with Gasteiger partial charge in [-0.25, -0.2) is 0 Å². The van der Waals surface area contributed by atoms with Gasteiger partial charge in [-0.2, -0.15) is 0 Å². The van der Waals surface area contributed by atoms with Crippen LogP contribution in [0.1, 0.15) is 11.1 Å². The molecule has 0 fully saturated rings. The van der Waals surface area contributed by atoms with E-state index in [2.05, 4.69) is 15.9 Å². The van der Waals surface area contributed by atoms with Crippen molar-refractivity contribution >= 4 is 15.9 Å². The van der Waals surface area contributed by atoms with E-state index in [0.717, 1.165) is 11.1 Å². The molecule has 0 aliphatic carbocycles. The van der Waals surface area contributed by atoms with Crippen LogP contribution in [-0.2, 0) is 6.42 Å². The monoisotopic (exact) mass is 245 g/mol. The molecule has 1 rings (SSSR count). The second kappa shape index (κ2) is 3.98. The van der Waals surface area contributed by atoms with Crippen molar-refractivity contribution in [1.29, 1.82) is 0 Å². The second-order valence-corrected chi connectivity index (χ2v) is 3.70. The van der Waals surface area contributed by atoms with E-state index in [1.807, 2.05) is 0 Å². The fraction of sp³-hybridized carbons (Fsp3) is 0.333. The molecular weight excluding hydrogens is 234 g/mol. The highest BCUT2D eigenvalue weighted by Crippen LogP contribution is 2.38. The highest BCUT2D eigenvalue weighted by Gasteiger charge is 2.11. The van der Waals surface area contributed by atoms with E-state index >= 15 is 0 Å². The van der Waals surface area contributed by atoms with Crippen LogP contribution in [0.5, 0.6) is 11.5 Å². The van der Waals surface area contributed by atoms with Crippen molar-refractivity contribution in [2.45, 2.75) is 13.3 Å². The summed E-state index contributed by atoms with van der Waals surface area (Å²) in [6, 6.07) is 1.74. The number of halogens is 1. The lowest BCUT2D eigenvalue weighted by Crippen LogP contribution is -2.03. The van der Waals surface area contributed by atoms with Crippen molar-refractivity contribution in [1.82, 2.24) is 0 Å². The lowest BCUT2D eigenvalue weighted by atomic mass is 10.1. The Labute approximate surface area is 85.3 Å². The molecule has 0 spiro atoms. The molecule has 72 valence electrons. The molecular formula is C9H12BrNO2. The molecule has 0 aliphatic heterocycles. The maximum atomic E-state index is 9.57. The Hall–Kier alpha value is -0.740. The first-order valence-corrected chi connectivity index (χ1v) is 4.77. The molecule has 4 heteroatoms. The number of phenols is 2. The maximum Gasteiger partial charge on any atom is 0.136 e. The number of hydrogen-bond donors (Lipinski definition) is 3. The summed E-state index contributed by atoms with van der Waals surface area (Å²) in [7, 11) is 0. The zero-order chi connectivity index (χ0) is 10.0. The Balaban J connectivity index is 3.24. The summed E-state index contributed by atoms with van der Waals surface area (Å²) < 4.78 is 0.343. The molecule has 0 aliphatic rings. The zero-order valence-corrected chi connectivity index (χ0v) is 8.93. The number of hydrogen-bond acceptors (Lipinski definition) is 3. The molecule has 0 atom stereocenters. The Morgan fingerprint density at radius 1 is 1.38 bits per heavy atom. The molecule has 0 bridgehead atoms. The Kier molecular flexibility index (Phi) is 3.17. The second-order valence-electron chi connectivity index (χ2n) is 2.90. The lowest BCUT2D eigenvalue weighted by Gasteiger charge is -2.09. The van der Waals surface area contributed by atoms with Gasteiger partial charge in [0.05, 0.1) is 0 Å². The van der Waals surface area contributed by atoms with Crippen LogP contribution in [0.4, 0.5) is 0 Å². The number of aryl methyl sites for hydroxylation is 1. The Morgan fingerprint density at radius 2 is 2.00 bits per heavy atom. The third kappa shape index (κ3) is 1.95. The van der Waals surface area contributed by atoms with Crippen molar-refractivity contribution < 1.29 is 10.2 Å². The Bertz CT molecular complexity index is 326. The van der Waals surface area contributed by atoms with Gasteiger partial charge in [-0.1, -0.05) is 0 Å². The summed E-state index contributed by atoms with van der Waals surface area (Å²) in [5, 5.41) is 19.0. The van der Waals surface area contributed by atoms with Gasteiger partial charge >= 0.3 is 0 Å². The van der Waals surface area contributed by atoms with Crippen LogP contribution >= 0.6 is 15.9 Å². The summed E-state index contributed by atoms with van der Waals surface area (Å²) in [6.07, 6.45) is 0.603. The highest BCUT2D eigenvalue weighted by molar-refractivity contribution is 9.10. The minimum Gasteiger partial charge on any atom is -0.506 e. The van der Waals surface area contributed by atoms with Crippen molar-refractivity contribution in [3.05, 3.63) is 21.7 Å². The van der Waals surface area contributed by atoms with Crippen LogP contribution in [0.2, 0.25) is 0 Å². The first-order chi connectivity index (χ1) is 6.07. The van der Waals surface area contributed by atoms with E-state index in [1.54, 1.807) is 13.0 Å². The average Bonchev–Trinajstić information content (AvgIpc) is 2.11. The first-order valence-electron chi connectivity index (χ1n) is 3.98. The molecule has 0 unspecified atom stereocenters. The molecule has 3 nitrogen and oxygen atoms in total. The van der Waals surface area contributed by atoms with Gasteiger partial charge in [-0.3, -0.25) is 0 Å². The van der Waals surface area contributed by atoms with Crippen molar-refractivity contribution in [2.75, 3.05) is 6.54 Å². The Morgan fingerprint density at radius 3 is 2.54 bits per heavy atom. The van der Waals surface area contributed by atoms with E-state index in [0.29, 0.717) is 17.4 Å². The number of phenolic OH excluding ortho intramolecular Hbond substituents is 2. The van der Waals surface area contributed by atoms with Gasteiger partial charge in [0, 0.05) is 0 Å². The maximum absolute atomic E-state index is 9.57. The van der Waals surface area contributed by atoms with E-state index in [9.17, 15) is 10.2 Å². The highest BCUT2D eigenvalue weighted by atomic mass is 79.9. The van der Waals surface area contributed by atoms with Gasteiger partial charge in [-0.05, 0) is 53.0 Å². The van der Waals surface area contributed by atoms with Crippen LogP contribution in [0.15, 0.2) is 10.5 Å². The standard InChI is InChI=1S/C9H12BrNO2/c1-5-4-6(2-3-11)9(13)7(10)8(5)12/h4,12-13H,2-3,11H2,1H3. The molecule has 0 saturated heterocycles. The van der Waals surface area contributed by atoms with Crippen LogP contribution in [-0.4, -0.2) is 16.8 Å². The molecule has 4 N–H and O–H groups in total. The van der Waals surface area contributed by atoms with E-state index in [1.165, 1.54) is 0 Å². The van der Waals surface area contributed by atoms with Gasteiger partial charge in [0.1, 0.15) is 16.0 Å². The summed E-state index contributed by atoms with van der Waals surface area (Å²) in [5.74, 6) is 0.159. The predicted octanol–water partition coefficient (Wildman–Crippen LogP) is 1.67. The van der Waals surface area contributed by atoms with Crippen LogP contribution in [0, 0.1) is 6.92 Å². The minimum atomic E-state index is 0.0774. The van der Waals surface area contributed by atoms with Crippen molar-refractivity contribution in [2.24, 2.45) is 5.73 Å². The largest absolute Gasteiger partial charge is 0.506 e. The summed E-state index contributed by atoms with van der Waals surface area (Å²) in [5.41, 5.74) is 6.86. The summed E-state index contributed by atoms with van der Waals surface area (Å²) in [4.78, 5) is 0. The van der Waals surface area contributed by atoms with Crippen molar-refractivity contribution in [3.8, 4) is 11.5 Å². The molecule has 0 saturated carbocycles. The number of nitrogens with two attached hydrogens (primary N) is 1. The van der Waals surface area contributed by atoms with Crippen molar-refractivity contribution in [3.63, 3.8) is 0 Å². The van der Waals surface area contributed by atoms with Gasteiger partial charge in [0.15, 0.2) is 0 Å². The van der Waals surface area contributed by atoms with Gasteiger partial charge in [0.25, 0.3) is 0 Å².